The highest BCUT2D eigenvalue weighted by Crippen LogP contribution is 2.42. The first-order valence-corrected chi connectivity index (χ1v) is 12.8. The molecule has 0 heterocycles. The number of carbonyl (C=O) groups excluding carboxylic acids is 3. The SMILES string of the molecule is CO[C@@](C(=O)NCC(=O)N[C@@H](Cc1ccccc1)C(=O)N[C@@H](Cc1ccccc1)C(=O)O)(c1ccccc1)C(F)(F)F. The minimum Gasteiger partial charge on any atom is -0.480 e. The van der Waals surface area contributed by atoms with Gasteiger partial charge in [-0.05, 0) is 11.1 Å². The fraction of sp³-hybridized carbons (Fsp3) is 0.267. The largest absolute Gasteiger partial charge is 0.480 e. The Morgan fingerprint density at radius 2 is 1.24 bits per heavy atom. The van der Waals surface area contributed by atoms with Crippen LogP contribution in [-0.4, -0.2) is 60.7 Å². The molecule has 0 aliphatic rings. The van der Waals surface area contributed by atoms with Crippen molar-refractivity contribution in [1.29, 1.82) is 0 Å². The Hall–Kier alpha value is -4.71. The number of hydrogen-bond donors (Lipinski definition) is 4. The molecule has 0 unspecified atom stereocenters. The number of nitrogens with one attached hydrogen (secondary N) is 3. The number of amides is 3. The van der Waals surface area contributed by atoms with Crippen molar-refractivity contribution < 1.29 is 42.2 Å². The van der Waals surface area contributed by atoms with Crippen LogP contribution in [0.3, 0.4) is 0 Å². The van der Waals surface area contributed by atoms with Crippen LogP contribution in [0.15, 0.2) is 91.0 Å². The quantitative estimate of drug-likeness (QED) is 0.244. The van der Waals surface area contributed by atoms with Crippen LogP contribution in [0.25, 0.3) is 0 Å². The van der Waals surface area contributed by atoms with Crippen molar-refractivity contribution in [2.75, 3.05) is 13.7 Å². The molecular formula is C30H30F3N3O6. The number of benzene rings is 3. The van der Waals surface area contributed by atoms with Crippen LogP contribution in [0.4, 0.5) is 13.2 Å². The zero-order chi connectivity index (χ0) is 30.8. The molecular weight excluding hydrogens is 555 g/mol. The average molecular weight is 586 g/mol. The van der Waals surface area contributed by atoms with Crippen molar-refractivity contribution in [3.8, 4) is 0 Å². The number of halogens is 3. The standard InChI is InChI=1S/C30H30F3N3O6/c1-42-29(30(31,32)33,22-15-9-4-10-16-22)28(41)34-19-25(37)35-23(17-20-11-5-2-6-12-20)26(38)36-24(27(39)40)18-21-13-7-3-8-14-21/h2-16,23-24H,17-19H2,1H3,(H,34,41)(H,35,37)(H,36,38)(H,39,40)/t23-,24-,29+/m0/s1. The van der Waals surface area contributed by atoms with Gasteiger partial charge in [-0.25, -0.2) is 4.79 Å². The molecule has 0 bridgehead atoms. The van der Waals surface area contributed by atoms with E-state index in [0.29, 0.717) is 11.1 Å². The minimum absolute atomic E-state index is 0.0278. The molecule has 3 atom stereocenters. The second-order valence-corrected chi connectivity index (χ2v) is 9.33. The summed E-state index contributed by atoms with van der Waals surface area (Å²) in [5.74, 6) is -4.73. The number of alkyl halides is 3. The summed E-state index contributed by atoms with van der Waals surface area (Å²) in [6.45, 7) is -0.919. The van der Waals surface area contributed by atoms with Crippen molar-refractivity contribution in [2.45, 2.75) is 36.7 Å². The smallest absolute Gasteiger partial charge is 0.430 e. The first-order chi connectivity index (χ1) is 20.0. The Balaban J connectivity index is 1.76. The summed E-state index contributed by atoms with van der Waals surface area (Å²) in [5.41, 5.74) is -2.60. The van der Waals surface area contributed by atoms with E-state index in [1.165, 1.54) is 18.2 Å². The van der Waals surface area contributed by atoms with Gasteiger partial charge in [-0.3, -0.25) is 14.4 Å². The molecule has 3 amide bonds. The average Bonchev–Trinajstić information content (AvgIpc) is 2.97. The molecule has 0 fully saturated rings. The van der Waals surface area contributed by atoms with E-state index in [4.69, 9.17) is 4.74 Å². The summed E-state index contributed by atoms with van der Waals surface area (Å²) in [4.78, 5) is 50.8. The zero-order valence-corrected chi connectivity index (χ0v) is 22.6. The molecule has 0 aliphatic carbocycles. The highest BCUT2D eigenvalue weighted by atomic mass is 19.4. The van der Waals surface area contributed by atoms with Crippen LogP contribution in [0.5, 0.6) is 0 Å². The Kier molecular flexibility index (Phi) is 10.8. The topological polar surface area (TPSA) is 134 Å². The predicted molar refractivity (Wildman–Crippen MR) is 146 cm³/mol. The number of methoxy groups -OCH3 is 1. The first kappa shape index (κ1) is 31.8. The summed E-state index contributed by atoms with van der Waals surface area (Å²) in [6.07, 6.45) is -5.26. The third kappa shape index (κ3) is 7.94. The number of aliphatic carboxylic acids is 1. The Morgan fingerprint density at radius 1 is 0.762 bits per heavy atom. The van der Waals surface area contributed by atoms with E-state index in [1.54, 1.807) is 60.7 Å². The van der Waals surface area contributed by atoms with E-state index >= 15 is 0 Å². The highest BCUT2D eigenvalue weighted by Gasteiger charge is 2.62. The molecule has 9 nitrogen and oxygen atoms in total. The third-order valence-electron chi connectivity index (χ3n) is 6.45. The van der Waals surface area contributed by atoms with Gasteiger partial charge in [0.15, 0.2) is 0 Å². The van der Waals surface area contributed by atoms with Gasteiger partial charge in [-0.15, -0.1) is 0 Å². The first-order valence-electron chi connectivity index (χ1n) is 12.8. The summed E-state index contributed by atoms with van der Waals surface area (Å²) in [7, 11) is 0.731. The molecule has 3 rings (SSSR count). The second-order valence-electron chi connectivity index (χ2n) is 9.33. The Bertz CT molecular complexity index is 1360. The maximum atomic E-state index is 14.2. The summed E-state index contributed by atoms with van der Waals surface area (Å²) in [5, 5.41) is 16.5. The van der Waals surface area contributed by atoms with Crippen LogP contribution in [-0.2, 0) is 42.4 Å². The maximum Gasteiger partial charge on any atom is 0.430 e. The normalized spacial score (nSPS) is 14.1. The van der Waals surface area contributed by atoms with Crippen LogP contribution in [0.2, 0.25) is 0 Å². The molecule has 222 valence electrons. The molecule has 0 spiro atoms. The molecule has 0 aromatic heterocycles. The van der Waals surface area contributed by atoms with E-state index in [0.717, 1.165) is 19.2 Å². The lowest BCUT2D eigenvalue weighted by Crippen LogP contribution is -2.58. The van der Waals surface area contributed by atoms with Crippen molar-refractivity contribution >= 4 is 23.7 Å². The zero-order valence-electron chi connectivity index (χ0n) is 22.6. The van der Waals surface area contributed by atoms with Crippen molar-refractivity contribution in [3.05, 3.63) is 108 Å². The van der Waals surface area contributed by atoms with Gasteiger partial charge in [-0.2, -0.15) is 13.2 Å². The van der Waals surface area contributed by atoms with Crippen molar-refractivity contribution in [3.63, 3.8) is 0 Å². The van der Waals surface area contributed by atoms with Gasteiger partial charge in [0, 0.05) is 25.5 Å². The second kappa shape index (κ2) is 14.3. The van der Waals surface area contributed by atoms with E-state index in [-0.39, 0.29) is 12.8 Å². The number of rotatable bonds is 13. The lowest BCUT2D eigenvalue weighted by Gasteiger charge is -2.33. The predicted octanol–water partition coefficient (Wildman–Crippen LogP) is 2.75. The van der Waals surface area contributed by atoms with Crippen LogP contribution in [0.1, 0.15) is 16.7 Å². The van der Waals surface area contributed by atoms with Crippen molar-refractivity contribution in [1.82, 2.24) is 16.0 Å². The van der Waals surface area contributed by atoms with Gasteiger partial charge < -0.3 is 25.8 Å². The van der Waals surface area contributed by atoms with Gasteiger partial charge in [0.2, 0.25) is 11.8 Å². The van der Waals surface area contributed by atoms with E-state index in [1.807, 2.05) is 5.32 Å². The number of carboxylic acid groups (broad SMARTS) is 1. The highest BCUT2D eigenvalue weighted by molar-refractivity contribution is 5.94. The number of hydrogen-bond acceptors (Lipinski definition) is 5. The van der Waals surface area contributed by atoms with Gasteiger partial charge >= 0.3 is 12.1 Å². The van der Waals surface area contributed by atoms with E-state index in [2.05, 4.69) is 10.6 Å². The number of carboxylic acids is 1. The lowest BCUT2D eigenvalue weighted by molar-refractivity contribution is -0.265. The maximum absolute atomic E-state index is 14.2. The van der Waals surface area contributed by atoms with E-state index < -0.39 is 59.7 Å². The van der Waals surface area contributed by atoms with Gasteiger partial charge in [0.1, 0.15) is 12.1 Å². The molecule has 42 heavy (non-hydrogen) atoms. The van der Waals surface area contributed by atoms with E-state index in [9.17, 15) is 37.5 Å². The van der Waals surface area contributed by atoms with Gasteiger partial charge in [-0.1, -0.05) is 91.0 Å². The lowest BCUT2D eigenvalue weighted by atomic mass is 9.91. The molecule has 0 aliphatic heterocycles. The van der Waals surface area contributed by atoms with Crippen LogP contribution in [0, 0.1) is 0 Å². The number of ether oxygens (including phenoxy) is 1. The Morgan fingerprint density at radius 3 is 1.69 bits per heavy atom. The van der Waals surface area contributed by atoms with Crippen LogP contribution >= 0.6 is 0 Å². The molecule has 3 aromatic carbocycles. The molecule has 3 aromatic rings. The molecule has 12 heteroatoms. The molecule has 0 radical (unpaired) electrons. The van der Waals surface area contributed by atoms with Gasteiger partial charge in [0.05, 0.1) is 6.54 Å². The van der Waals surface area contributed by atoms with Crippen LogP contribution < -0.4 is 16.0 Å². The summed E-state index contributed by atoms with van der Waals surface area (Å²) in [6, 6.07) is 20.7. The Labute approximate surface area is 240 Å². The summed E-state index contributed by atoms with van der Waals surface area (Å²) < 4.78 is 47.2. The number of carbonyl (C=O) groups is 4. The summed E-state index contributed by atoms with van der Waals surface area (Å²) >= 11 is 0. The minimum atomic E-state index is -5.18. The third-order valence-corrected chi connectivity index (χ3v) is 6.45. The fourth-order valence-corrected chi connectivity index (χ4v) is 4.33. The van der Waals surface area contributed by atoms with Gasteiger partial charge in [0.25, 0.3) is 11.5 Å². The molecule has 0 saturated carbocycles. The fourth-order valence-electron chi connectivity index (χ4n) is 4.33. The molecule has 0 saturated heterocycles. The van der Waals surface area contributed by atoms with Crippen molar-refractivity contribution in [2.24, 2.45) is 0 Å². The monoisotopic (exact) mass is 585 g/mol. The molecule has 4 N–H and O–H groups in total.